The van der Waals surface area contributed by atoms with Crippen molar-refractivity contribution in [3.63, 3.8) is 0 Å². The summed E-state index contributed by atoms with van der Waals surface area (Å²) < 4.78 is 0. The van der Waals surface area contributed by atoms with Gasteiger partial charge in [0.2, 0.25) is 5.91 Å². The highest BCUT2D eigenvalue weighted by molar-refractivity contribution is 6.35. The van der Waals surface area contributed by atoms with E-state index in [1.54, 1.807) is 29.2 Å². The highest BCUT2D eigenvalue weighted by Crippen LogP contribution is 2.45. The second kappa shape index (κ2) is 7.31. The van der Waals surface area contributed by atoms with Gasteiger partial charge >= 0.3 is 0 Å². The lowest BCUT2D eigenvalue weighted by Gasteiger charge is -2.38. The van der Waals surface area contributed by atoms with Gasteiger partial charge in [-0.05, 0) is 42.7 Å². The summed E-state index contributed by atoms with van der Waals surface area (Å²) in [5.74, 6) is -0.335. The molecule has 0 saturated carbocycles. The van der Waals surface area contributed by atoms with Gasteiger partial charge in [0.25, 0.3) is 0 Å². The molecule has 27 heavy (non-hydrogen) atoms. The van der Waals surface area contributed by atoms with Gasteiger partial charge in [-0.25, -0.2) is 0 Å². The van der Waals surface area contributed by atoms with Crippen molar-refractivity contribution in [2.75, 3.05) is 4.90 Å². The first-order valence-corrected chi connectivity index (χ1v) is 9.89. The maximum absolute atomic E-state index is 13.1. The van der Waals surface area contributed by atoms with Crippen LogP contribution in [0.3, 0.4) is 0 Å². The Morgan fingerprint density at radius 3 is 2.33 bits per heavy atom. The van der Waals surface area contributed by atoms with E-state index in [4.69, 9.17) is 34.8 Å². The molecule has 0 N–H and O–H groups in total. The highest BCUT2D eigenvalue weighted by atomic mass is 35.5. The maximum Gasteiger partial charge on any atom is 0.232 e. The first kappa shape index (κ1) is 18.5. The molecule has 3 nitrogen and oxygen atoms in total. The molecule has 2 aromatic rings. The lowest BCUT2D eigenvalue weighted by Crippen LogP contribution is -2.40. The summed E-state index contributed by atoms with van der Waals surface area (Å²) in [6.07, 6.45) is 2.03. The highest BCUT2D eigenvalue weighted by Gasteiger charge is 2.40. The number of carbonyl (C=O) groups excluding carboxylic acids is 2. The Labute approximate surface area is 172 Å². The summed E-state index contributed by atoms with van der Waals surface area (Å²) >= 11 is 18.7. The Hall–Kier alpha value is -1.81. The minimum Gasteiger partial charge on any atom is -0.294 e. The van der Waals surface area contributed by atoms with Crippen LogP contribution in [0.2, 0.25) is 15.1 Å². The Morgan fingerprint density at radius 1 is 0.926 bits per heavy atom. The molecular formula is C21H16Cl3NO2. The molecule has 1 aliphatic heterocycles. The molecule has 1 aliphatic carbocycles. The van der Waals surface area contributed by atoms with E-state index in [0.717, 1.165) is 11.3 Å². The van der Waals surface area contributed by atoms with E-state index >= 15 is 0 Å². The van der Waals surface area contributed by atoms with Gasteiger partial charge in [0.15, 0.2) is 5.78 Å². The van der Waals surface area contributed by atoms with Crippen molar-refractivity contribution in [3.8, 4) is 0 Å². The number of carbonyl (C=O) groups is 2. The molecule has 0 spiro atoms. The predicted molar refractivity (Wildman–Crippen MR) is 109 cm³/mol. The SMILES string of the molecule is O=C1CCCC2=C1C(c1ccccc1Cl)CC(=O)N2c1cc(Cl)cc(Cl)c1. The first-order chi connectivity index (χ1) is 13.0. The van der Waals surface area contributed by atoms with Crippen molar-refractivity contribution in [2.24, 2.45) is 0 Å². The Morgan fingerprint density at radius 2 is 1.63 bits per heavy atom. The van der Waals surface area contributed by atoms with Crippen molar-refractivity contribution in [1.29, 1.82) is 0 Å². The van der Waals surface area contributed by atoms with Crippen LogP contribution >= 0.6 is 34.8 Å². The predicted octanol–water partition coefficient (Wildman–Crippen LogP) is 6.17. The molecule has 1 unspecified atom stereocenters. The molecule has 1 atom stereocenters. The van der Waals surface area contributed by atoms with Gasteiger partial charge in [-0.15, -0.1) is 0 Å². The van der Waals surface area contributed by atoms with Crippen molar-refractivity contribution >= 4 is 52.2 Å². The Bertz CT molecular complexity index is 963. The Kier molecular flexibility index (Phi) is 5.02. The summed E-state index contributed by atoms with van der Waals surface area (Å²) in [5.41, 5.74) is 2.84. The fourth-order valence-corrected chi connectivity index (χ4v) is 4.77. The second-order valence-electron chi connectivity index (χ2n) is 6.77. The molecule has 1 heterocycles. The zero-order chi connectivity index (χ0) is 19.1. The quantitative estimate of drug-likeness (QED) is 0.582. The van der Waals surface area contributed by atoms with Crippen LogP contribution in [0.4, 0.5) is 5.69 Å². The minimum absolute atomic E-state index is 0.0757. The number of Topliss-reactive ketones (excluding diaryl/α,β-unsaturated/α-hetero) is 1. The van der Waals surface area contributed by atoms with E-state index in [0.29, 0.717) is 45.6 Å². The fraction of sp³-hybridized carbons (Fsp3) is 0.238. The molecule has 4 rings (SSSR count). The van der Waals surface area contributed by atoms with Crippen LogP contribution < -0.4 is 4.90 Å². The second-order valence-corrected chi connectivity index (χ2v) is 8.05. The van der Waals surface area contributed by atoms with E-state index < -0.39 is 0 Å². The smallest absolute Gasteiger partial charge is 0.232 e. The zero-order valence-electron chi connectivity index (χ0n) is 14.3. The van der Waals surface area contributed by atoms with E-state index in [1.165, 1.54) is 0 Å². The van der Waals surface area contributed by atoms with Crippen LogP contribution in [0, 0.1) is 0 Å². The molecule has 0 radical (unpaired) electrons. The van der Waals surface area contributed by atoms with E-state index in [2.05, 4.69) is 0 Å². The number of anilines is 1. The number of halogens is 3. The molecule has 2 aromatic carbocycles. The van der Waals surface area contributed by atoms with Gasteiger partial charge in [0, 0.05) is 45.1 Å². The molecule has 1 amide bonds. The van der Waals surface area contributed by atoms with Crippen LogP contribution in [0.15, 0.2) is 53.7 Å². The summed E-state index contributed by atoms with van der Waals surface area (Å²) in [6.45, 7) is 0. The third-order valence-electron chi connectivity index (χ3n) is 5.06. The van der Waals surface area contributed by atoms with Crippen LogP contribution in [0.25, 0.3) is 0 Å². The monoisotopic (exact) mass is 419 g/mol. The van der Waals surface area contributed by atoms with Crippen molar-refractivity contribution in [2.45, 2.75) is 31.6 Å². The van der Waals surface area contributed by atoms with Crippen molar-refractivity contribution < 1.29 is 9.59 Å². The van der Waals surface area contributed by atoms with Gasteiger partial charge in [0.1, 0.15) is 0 Å². The molecule has 0 fully saturated rings. The molecule has 0 aromatic heterocycles. The van der Waals surface area contributed by atoms with Gasteiger partial charge in [-0.1, -0.05) is 53.0 Å². The molecular weight excluding hydrogens is 405 g/mol. The van der Waals surface area contributed by atoms with Crippen molar-refractivity contribution in [1.82, 2.24) is 0 Å². The first-order valence-electron chi connectivity index (χ1n) is 8.75. The third kappa shape index (κ3) is 3.40. The third-order valence-corrected chi connectivity index (χ3v) is 5.84. The minimum atomic E-state index is -0.320. The number of benzene rings is 2. The largest absolute Gasteiger partial charge is 0.294 e. The van der Waals surface area contributed by atoms with Gasteiger partial charge < -0.3 is 0 Å². The number of amides is 1. The van der Waals surface area contributed by atoms with Crippen LogP contribution in [0.1, 0.15) is 37.2 Å². The Balaban J connectivity index is 1.90. The fourth-order valence-electron chi connectivity index (χ4n) is 3.98. The van der Waals surface area contributed by atoms with Gasteiger partial charge in [0.05, 0.1) is 5.69 Å². The zero-order valence-corrected chi connectivity index (χ0v) is 16.6. The molecule has 138 valence electrons. The number of nitrogens with zero attached hydrogens (tertiary/aromatic N) is 1. The number of hydrogen-bond acceptors (Lipinski definition) is 2. The number of allylic oxidation sites excluding steroid dienone is 2. The molecule has 0 saturated heterocycles. The number of hydrogen-bond donors (Lipinski definition) is 0. The van der Waals surface area contributed by atoms with Crippen LogP contribution in [-0.2, 0) is 9.59 Å². The lowest BCUT2D eigenvalue weighted by molar-refractivity contribution is -0.119. The van der Waals surface area contributed by atoms with Crippen LogP contribution in [-0.4, -0.2) is 11.7 Å². The van der Waals surface area contributed by atoms with E-state index in [9.17, 15) is 9.59 Å². The number of ketones is 1. The summed E-state index contributed by atoms with van der Waals surface area (Å²) in [7, 11) is 0. The standard InChI is InChI=1S/C21H16Cl3NO2/c22-12-8-13(23)10-14(9-12)25-18-6-3-7-19(26)21(18)16(11-20(25)27)15-4-1-2-5-17(15)24/h1-2,4-5,8-10,16H,3,6-7,11H2. The summed E-state index contributed by atoms with van der Waals surface area (Å²) in [4.78, 5) is 27.6. The van der Waals surface area contributed by atoms with E-state index in [1.807, 2.05) is 18.2 Å². The molecule has 0 bridgehead atoms. The topological polar surface area (TPSA) is 37.4 Å². The average Bonchev–Trinajstić information content (AvgIpc) is 2.60. The van der Waals surface area contributed by atoms with Crippen molar-refractivity contribution in [3.05, 3.63) is 74.4 Å². The van der Waals surface area contributed by atoms with Gasteiger partial charge in [-0.2, -0.15) is 0 Å². The molecule has 6 heteroatoms. The lowest BCUT2D eigenvalue weighted by atomic mass is 9.77. The van der Waals surface area contributed by atoms with Gasteiger partial charge in [-0.3, -0.25) is 14.5 Å². The van der Waals surface area contributed by atoms with E-state index in [-0.39, 0.29) is 24.0 Å². The maximum atomic E-state index is 13.1. The summed E-state index contributed by atoms with van der Waals surface area (Å²) in [6, 6.07) is 12.4. The normalized spacial score (nSPS) is 20.1. The summed E-state index contributed by atoms with van der Waals surface area (Å²) in [5, 5.41) is 1.46. The average molecular weight is 421 g/mol. The van der Waals surface area contributed by atoms with Crippen LogP contribution in [0.5, 0.6) is 0 Å². The number of rotatable bonds is 2. The molecule has 2 aliphatic rings.